The summed E-state index contributed by atoms with van der Waals surface area (Å²) in [7, 11) is -4.83. The topological polar surface area (TPSA) is 128 Å². The smallest absolute Gasteiger partial charge is 0.341 e. The lowest BCUT2D eigenvalue weighted by atomic mass is 10.1. The van der Waals surface area contributed by atoms with E-state index in [1.165, 1.54) is 0 Å². The van der Waals surface area contributed by atoms with E-state index in [0.717, 1.165) is 28.8 Å². The lowest BCUT2D eigenvalue weighted by Crippen LogP contribution is -2.24. The highest BCUT2D eigenvalue weighted by Crippen LogP contribution is 2.30. The van der Waals surface area contributed by atoms with Crippen molar-refractivity contribution in [1.82, 2.24) is 9.88 Å². The van der Waals surface area contributed by atoms with Crippen molar-refractivity contribution in [3.8, 4) is 5.69 Å². The molecule has 8 nitrogen and oxygen atoms in total. The maximum Gasteiger partial charge on any atom is 0.341 e. The van der Waals surface area contributed by atoms with Gasteiger partial charge in [0.15, 0.2) is 0 Å². The SMILES string of the molecule is Nc1c2c(cc(=O)n1-c1ccc(S(=O)(=O)C(F)F)cc1Br)C(=O)NC2=O. The number of nitrogens with zero attached hydrogens (tertiary/aromatic N) is 1. The molecule has 12 heteroatoms. The van der Waals surface area contributed by atoms with Crippen molar-refractivity contribution in [2.24, 2.45) is 0 Å². The summed E-state index contributed by atoms with van der Waals surface area (Å²) in [5.41, 5.74) is 4.71. The normalized spacial score (nSPS) is 13.8. The molecule has 1 aromatic heterocycles. The van der Waals surface area contributed by atoms with E-state index >= 15 is 0 Å². The van der Waals surface area contributed by atoms with Crippen LogP contribution in [0.3, 0.4) is 0 Å². The number of pyridine rings is 1. The van der Waals surface area contributed by atoms with Crippen LogP contribution < -0.4 is 16.6 Å². The largest absolute Gasteiger partial charge is 0.384 e. The van der Waals surface area contributed by atoms with Gasteiger partial charge in [-0.3, -0.25) is 24.3 Å². The van der Waals surface area contributed by atoms with Gasteiger partial charge in [0.25, 0.3) is 17.4 Å². The van der Waals surface area contributed by atoms with Crippen LogP contribution in [-0.2, 0) is 9.84 Å². The number of hydrogen-bond acceptors (Lipinski definition) is 6. The number of alkyl halides is 2. The summed E-state index contributed by atoms with van der Waals surface area (Å²) in [5.74, 6) is -5.51. The molecule has 1 aliphatic heterocycles. The molecule has 0 fully saturated rings. The number of rotatable bonds is 3. The van der Waals surface area contributed by atoms with Crippen LogP contribution in [0.2, 0.25) is 0 Å². The summed E-state index contributed by atoms with van der Waals surface area (Å²) in [6, 6.07) is 3.76. The average molecular weight is 448 g/mol. The molecule has 3 rings (SSSR count). The third kappa shape index (κ3) is 2.61. The van der Waals surface area contributed by atoms with Crippen molar-refractivity contribution in [2.45, 2.75) is 10.7 Å². The molecule has 2 aromatic rings. The first-order chi connectivity index (χ1) is 12.1. The Balaban J connectivity index is 2.24. The van der Waals surface area contributed by atoms with Gasteiger partial charge in [-0.2, -0.15) is 8.78 Å². The standard InChI is InChI=1S/C14H8BrF2N3O5S/c15-7-3-5(26(24,25)14(16)17)1-2-8(7)20-9(21)4-6-10(11(20)18)13(23)19-12(6)22/h1-4,14H,18H2,(H,19,22,23). The van der Waals surface area contributed by atoms with Crippen LogP contribution >= 0.6 is 15.9 Å². The molecule has 1 aromatic carbocycles. The van der Waals surface area contributed by atoms with Gasteiger partial charge in [-0.25, -0.2) is 8.42 Å². The van der Waals surface area contributed by atoms with E-state index in [1.54, 1.807) is 0 Å². The summed E-state index contributed by atoms with van der Waals surface area (Å²) in [5, 5.41) is 2.00. The second kappa shape index (κ2) is 5.99. The number of nitrogens with two attached hydrogens (primary N) is 1. The van der Waals surface area contributed by atoms with Crippen molar-refractivity contribution in [2.75, 3.05) is 5.73 Å². The van der Waals surface area contributed by atoms with Gasteiger partial charge in [0.1, 0.15) is 5.82 Å². The highest BCUT2D eigenvalue weighted by Gasteiger charge is 2.32. The zero-order chi connectivity index (χ0) is 19.4. The number of imide groups is 1. The Bertz CT molecular complexity index is 1140. The number of benzene rings is 1. The van der Waals surface area contributed by atoms with E-state index in [4.69, 9.17) is 5.73 Å². The molecular weight excluding hydrogens is 440 g/mol. The first kappa shape index (κ1) is 18.2. The van der Waals surface area contributed by atoms with E-state index in [9.17, 15) is 31.6 Å². The van der Waals surface area contributed by atoms with Gasteiger partial charge in [0, 0.05) is 10.5 Å². The molecule has 26 heavy (non-hydrogen) atoms. The van der Waals surface area contributed by atoms with Crippen LogP contribution in [0.25, 0.3) is 5.69 Å². The van der Waals surface area contributed by atoms with E-state index < -0.39 is 37.9 Å². The number of fused-ring (bicyclic) bond motifs is 1. The van der Waals surface area contributed by atoms with Gasteiger partial charge in [-0.1, -0.05) is 0 Å². The predicted molar refractivity (Wildman–Crippen MR) is 89.1 cm³/mol. The fourth-order valence-corrected chi connectivity index (χ4v) is 3.93. The quantitative estimate of drug-likeness (QED) is 0.676. The minimum atomic E-state index is -4.83. The summed E-state index contributed by atoms with van der Waals surface area (Å²) < 4.78 is 49.2. The van der Waals surface area contributed by atoms with E-state index in [0.29, 0.717) is 0 Å². The number of carbonyl (C=O) groups is 2. The summed E-state index contributed by atoms with van der Waals surface area (Å²) in [6.45, 7) is 0. The lowest BCUT2D eigenvalue weighted by molar-refractivity contribution is 0.0880. The molecule has 0 atom stereocenters. The lowest BCUT2D eigenvalue weighted by Gasteiger charge is -2.14. The van der Waals surface area contributed by atoms with Crippen molar-refractivity contribution in [3.63, 3.8) is 0 Å². The minimum absolute atomic E-state index is 0.00988. The number of nitrogen functional groups attached to an aromatic ring is 1. The number of sulfone groups is 1. The minimum Gasteiger partial charge on any atom is -0.384 e. The predicted octanol–water partition coefficient (Wildman–Crippen LogP) is 1.06. The molecule has 3 N–H and O–H groups in total. The second-order valence-electron chi connectivity index (χ2n) is 5.19. The number of hydrogen-bond donors (Lipinski definition) is 2. The summed E-state index contributed by atoms with van der Waals surface area (Å²) >= 11 is 3.01. The number of halogens is 3. The van der Waals surface area contributed by atoms with Gasteiger partial charge >= 0.3 is 5.76 Å². The molecule has 2 amide bonds. The molecule has 0 saturated heterocycles. The molecule has 0 radical (unpaired) electrons. The van der Waals surface area contributed by atoms with Crippen LogP contribution in [0.5, 0.6) is 0 Å². The number of aromatic nitrogens is 1. The van der Waals surface area contributed by atoms with Crippen molar-refractivity contribution in [1.29, 1.82) is 0 Å². The van der Waals surface area contributed by atoms with Crippen molar-refractivity contribution >= 4 is 43.4 Å². The fourth-order valence-electron chi connectivity index (χ4n) is 2.48. The van der Waals surface area contributed by atoms with Crippen molar-refractivity contribution < 1.29 is 26.8 Å². The van der Waals surface area contributed by atoms with E-state index in [-0.39, 0.29) is 27.1 Å². The molecule has 0 saturated carbocycles. The molecule has 1 aliphatic rings. The van der Waals surface area contributed by atoms with Gasteiger partial charge < -0.3 is 5.73 Å². The number of amides is 2. The Kier molecular flexibility index (Phi) is 4.19. The highest BCUT2D eigenvalue weighted by atomic mass is 79.9. The van der Waals surface area contributed by atoms with Crippen LogP contribution in [0.1, 0.15) is 20.7 Å². The Labute approximate surface area is 152 Å². The van der Waals surface area contributed by atoms with Gasteiger partial charge in [0.2, 0.25) is 9.84 Å². The maximum absolute atomic E-state index is 12.7. The average Bonchev–Trinajstić information content (AvgIpc) is 2.82. The fraction of sp³-hybridized carbons (Fsp3) is 0.0714. The Hall–Kier alpha value is -2.60. The maximum atomic E-state index is 12.7. The van der Waals surface area contributed by atoms with E-state index in [2.05, 4.69) is 15.9 Å². The number of carbonyl (C=O) groups excluding carboxylic acids is 2. The molecular formula is C14H8BrF2N3O5S. The Morgan fingerprint density at radius 3 is 2.35 bits per heavy atom. The third-order valence-electron chi connectivity index (χ3n) is 3.68. The summed E-state index contributed by atoms with van der Waals surface area (Å²) in [4.78, 5) is 35.1. The number of anilines is 1. The number of nitrogens with one attached hydrogen (secondary N) is 1. The van der Waals surface area contributed by atoms with Crippen LogP contribution in [0.4, 0.5) is 14.6 Å². The van der Waals surface area contributed by atoms with Crippen LogP contribution in [0.15, 0.2) is 38.4 Å². The molecule has 0 bridgehead atoms. The molecule has 0 unspecified atom stereocenters. The third-order valence-corrected chi connectivity index (χ3v) is 5.69. The molecule has 0 spiro atoms. The van der Waals surface area contributed by atoms with Gasteiger partial charge in [-0.05, 0) is 34.1 Å². The first-order valence-corrected chi connectivity index (χ1v) is 9.13. The zero-order valence-corrected chi connectivity index (χ0v) is 14.9. The monoisotopic (exact) mass is 447 g/mol. The van der Waals surface area contributed by atoms with Crippen molar-refractivity contribution in [3.05, 3.63) is 50.2 Å². The second-order valence-corrected chi connectivity index (χ2v) is 7.97. The highest BCUT2D eigenvalue weighted by molar-refractivity contribution is 9.10. The molecule has 2 heterocycles. The first-order valence-electron chi connectivity index (χ1n) is 6.79. The summed E-state index contributed by atoms with van der Waals surface area (Å²) in [6.07, 6.45) is 0. The molecule has 0 aliphatic carbocycles. The van der Waals surface area contributed by atoms with Gasteiger partial charge in [0.05, 0.1) is 21.7 Å². The van der Waals surface area contributed by atoms with E-state index in [1.807, 2.05) is 5.32 Å². The molecule has 136 valence electrons. The van der Waals surface area contributed by atoms with Crippen LogP contribution in [0, 0.1) is 0 Å². The Morgan fingerprint density at radius 1 is 1.12 bits per heavy atom. The van der Waals surface area contributed by atoms with Crippen LogP contribution in [-0.4, -0.2) is 30.6 Å². The zero-order valence-electron chi connectivity index (χ0n) is 12.5. The van der Waals surface area contributed by atoms with Gasteiger partial charge in [-0.15, -0.1) is 0 Å². The Morgan fingerprint density at radius 2 is 1.77 bits per heavy atom.